The Hall–Kier alpha value is 0.363. The van der Waals surface area contributed by atoms with Crippen molar-refractivity contribution < 1.29 is 26.2 Å². The molecule has 0 nitrogen and oxygen atoms in total. The molecule has 0 saturated carbocycles. The third-order valence-corrected chi connectivity index (χ3v) is 2.56. The average molecular weight is 269 g/mol. The molecule has 0 atom stereocenters. The van der Waals surface area contributed by atoms with Crippen LogP contribution in [0.2, 0.25) is 0 Å². The zero-order valence-electron chi connectivity index (χ0n) is 9.53. The molecule has 0 aromatic rings. The molecule has 0 aromatic carbocycles. The molecule has 1 aliphatic rings. The first-order valence-electron chi connectivity index (χ1n) is 5.67. The second kappa shape index (κ2) is 8.65. The van der Waals surface area contributed by atoms with E-state index in [2.05, 4.69) is 26.0 Å². The molecule has 0 bridgehead atoms. The molecule has 0 aliphatic heterocycles. The van der Waals surface area contributed by atoms with Gasteiger partial charge in [-0.3, -0.25) is 0 Å². The minimum Gasteiger partial charge on any atom is -0.250 e. The molecule has 1 rings (SSSR count). The third kappa shape index (κ3) is 5.30. The van der Waals surface area contributed by atoms with Crippen molar-refractivity contribution in [1.29, 1.82) is 0 Å². The average Bonchev–Trinajstić information content (AvgIpc) is 2.59. The predicted molar refractivity (Wildman–Crippen MR) is 58.5 cm³/mol. The van der Waals surface area contributed by atoms with E-state index in [4.69, 9.17) is 0 Å². The first-order valence-corrected chi connectivity index (χ1v) is 5.67. The fourth-order valence-corrected chi connectivity index (χ4v) is 1.66. The largest absolute Gasteiger partial charge is 0.250 e. The van der Waals surface area contributed by atoms with Crippen molar-refractivity contribution in [3.63, 3.8) is 0 Å². The Labute approximate surface area is 108 Å². The predicted octanol–water partition coefficient (Wildman–Crippen LogP) is 4.42. The van der Waals surface area contributed by atoms with Crippen LogP contribution in [-0.2, 0) is 26.2 Å². The first-order chi connectivity index (χ1) is 6.36. The molecule has 0 aromatic heterocycles. The second-order valence-electron chi connectivity index (χ2n) is 3.87. The van der Waals surface area contributed by atoms with Crippen LogP contribution in [0, 0.1) is 6.08 Å². The van der Waals surface area contributed by atoms with Crippen LogP contribution < -0.4 is 0 Å². The zero-order valence-corrected chi connectivity index (χ0v) is 12.0. The van der Waals surface area contributed by atoms with Crippen molar-refractivity contribution in [2.75, 3.05) is 0 Å². The van der Waals surface area contributed by atoms with Gasteiger partial charge in [-0.1, -0.05) is 58.8 Å². The number of unbranched alkanes of at least 4 members (excludes halogenated alkanes) is 2. The van der Waals surface area contributed by atoms with Crippen LogP contribution in [0.1, 0.15) is 58.8 Å². The van der Waals surface area contributed by atoms with Crippen LogP contribution in [0.25, 0.3) is 0 Å². The maximum absolute atomic E-state index is 3.54. The summed E-state index contributed by atoms with van der Waals surface area (Å²) in [7, 11) is 0. The normalized spacial score (nSPS) is 14.7. The van der Waals surface area contributed by atoms with Crippen LogP contribution in [-0.4, -0.2) is 0 Å². The Bertz CT molecular complexity index is 201. The van der Waals surface area contributed by atoms with Gasteiger partial charge in [0.25, 0.3) is 0 Å². The van der Waals surface area contributed by atoms with Crippen molar-refractivity contribution in [2.45, 2.75) is 58.8 Å². The molecule has 0 fully saturated rings. The van der Waals surface area contributed by atoms with Crippen molar-refractivity contribution in [3.8, 4) is 0 Å². The standard InChI is InChI=1S/C13H21.Zr/c1-3-5-7-12-9-10-13(11-12)8-6-4-2;/h9H,3-8,10H2,1-2H3;/q-1;. The molecule has 14 heavy (non-hydrogen) atoms. The van der Waals surface area contributed by atoms with E-state index in [1.165, 1.54) is 56.1 Å². The van der Waals surface area contributed by atoms with Gasteiger partial charge in [-0.25, -0.2) is 17.7 Å². The zero-order chi connectivity index (χ0) is 9.52. The minimum atomic E-state index is 0. The van der Waals surface area contributed by atoms with Crippen molar-refractivity contribution in [2.24, 2.45) is 0 Å². The molecule has 78 valence electrons. The van der Waals surface area contributed by atoms with Gasteiger partial charge in [0.1, 0.15) is 0 Å². The topological polar surface area (TPSA) is 0 Å². The summed E-state index contributed by atoms with van der Waals surface area (Å²) in [5.74, 6) is 0. The van der Waals surface area contributed by atoms with E-state index in [0.717, 1.165) is 0 Å². The Morgan fingerprint density at radius 1 is 1.14 bits per heavy atom. The summed E-state index contributed by atoms with van der Waals surface area (Å²) < 4.78 is 0. The van der Waals surface area contributed by atoms with E-state index in [-0.39, 0.29) is 26.2 Å². The molecule has 0 radical (unpaired) electrons. The number of allylic oxidation sites excluding steroid dienone is 4. The van der Waals surface area contributed by atoms with Gasteiger partial charge in [0, 0.05) is 26.2 Å². The van der Waals surface area contributed by atoms with E-state index < -0.39 is 0 Å². The van der Waals surface area contributed by atoms with Crippen molar-refractivity contribution in [1.82, 2.24) is 0 Å². The fraction of sp³-hybridized carbons (Fsp3) is 0.692. The molecular formula is C13H21Zr-. The van der Waals surface area contributed by atoms with Gasteiger partial charge in [0.05, 0.1) is 0 Å². The minimum absolute atomic E-state index is 0. The monoisotopic (exact) mass is 267 g/mol. The van der Waals surface area contributed by atoms with Crippen LogP contribution >= 0.6 is 0 Å². The van der Waals surface area contributed by atoms with Gasteiger partial charge in [0.15, 0.2) is 0 Å². The number of hydrogen-bond donors (Lipinski definition) is 0. The van der Waals surface area contributed by atoms with Gasteiger partial charge in [-0.05, 0) is 0 Å². The Kier molecular flexibility index (Phi) is 8.88. The number of rotatable bonds is 6. The summed E-state index contributed by atoms with van der Waals surface area (Å²) in [6, 6.07) is 0. The van der Waals surface area contributed by atoms with Crippen LogP contribution in [0.5, 0.6) is 0 Å². The van der Waals surface area contributed by atoms with E-state index in [1.54, 1.807) is 0 Å². The molecule has 0 unspecified atom stereocenters. The Morgan fingerprint density at radius 2 is 1.79 bits per heavy atom. The second-order valence-corrected chi connectivity index (χ2v) is 3.87. The van der Waals surface area contributed by atoms with Gasteiger partial charge in [-0.15, -0.1) is 0 Å². The molecule has 1 heteroatoms. The van der Waals surface area contributed by atoms with Crippen LogP contribution in [0.15, 0.2) is 17.2 Å². The molecular weight excluding hydrogens is 247 g/mol. The summed E-state index contributed by atoms with van der Waals surface area (Å²) in [6.45, 7) is 4.50. The molecule has 0 spiro atoms. The van der Waals surface area contributed by atoms with Crippen molar-refractivity contribution in [3.05, 3.63) is 23.3 Å². The van der Waals surface area contributed by atoms with Gasteiger partial charge in [-0.2, -0.15) is 5.57 Å². The van der Waals surface area contributed by atoms with E-state index in [1.807, 2.05) is 0 Å². The Morgan fingerprint density at radius 3 is 2.43 bits per heavy atom. The smallest absolute Gasteiger partial charge is 0 e. The maximum atomic E-state index is 3.54. The van der Waals surface area contributed by atoms with Crippen molar-refractivity contribution >= 4 is 0 Å². The van der Waals surface area contributed by atoms with Gasteiger partial charge < -0.3 is 0 Å². The summed E-state index contributed by atoms with van der Waals surface area (Å²) in [6.07, 6.45) is 14.8. The third-order valence-electron chi connectivity index (χ3n) is 2.56. The van der Waals surface area contributed by atoms with E-state index in [0.29, 0.717) is 0 Å². The summed E-state index contributed by atoms with van der Waals surface area (Å²) in [5.41, 5.74) is 3.00. The fourth-order valence-electron chi connectivity index (χ4n) is 1.66. The molecule has 0 saturated heterocycles. The Balaban J connectivity index is 0.00000169. The van der Waals surface area contributed by atoms with E-state index in [9.17, 15) is 0 Å². The summed E-state index contributed by atoms with van der Waals surface area (Å²) in [5, 5.41) is 0. The first kappa shape index (κ1) is 14.4. The maximum Gasteiger partial charge on any atom is 0 e. The van der Waals surface area contributed by atoms with Crippen LogP contribution in [0.3, 0.4) is 0 Å². The molecule has 1 aliphatic carbocycles. The van der Waals surface area contributed by atoms with E-state index >= 15 is 0 Å². The van der Waals surface area contributed by atoms with Gasteiger partial charge >= 0.3 is 0 Å². The van der Waals surface area contributed by atoms with Gasteiger partial charge in [0.2, 0.25) is 0 Å². The van der Waals surface area contributed by atoms with Crippen LogP contribution in [0.4, 0.5) is 0 Å². The SMILES string of the molecule is CCCCC1=[C-]C(CCCC)=CC1.[Zr]. The summed E-state index contributed by atoms with van der Waals surface area (Å²) in [4.78, 5) is 0. The number of hydrogen-bond acceptors (Lipinski definition) is 0. The molecule has 0 N–H and O–H groups in total. The molecule has 0 heterocycles. The molecule has 0 amide bonds. The summed E-state index contributed by atoms with van der Waals surface area (Å²) >= 11 is 0. The quantitative estimate of drug-likeness (QED) is 0.625.